The van der Waals surface area contributed by atoms with Crippen molar-refractivity contribution in [2.45, 2.75) is 51.4 Å². The molecule has 1 aliphatic rings. The van der Waals surface area contributed by atoms with Crippen molar-refractivity contribution in [1.29, 1.82) is 0 Å². The molecule has 4 N–H and O–H groups in total. The fraction of sp³-hybridized carbons (Fsp3) is 0.556. The van der Waals surface area contributed by atoms with Gasteiger partial charge in [-0.1, -0.05) is 11.2 Å². The normalized spacial score (nSPS) is 20.0. The lowest BCUT2D eigenvalue weighted by atomic mass is 10.0. The van der Waals surface area contributed by atoms with Gasteiger partial charge in [0.1, 0.15) is 18.2 Å². The number of hydrogen-bond acceptors (Lipinski definition) is 10. The number of rotatable bonds is 9. The van der Waals surface area contributed by atoms with Gasteiger partial charge in [0, 0.05) is 0 Å². The lowest BCUT2D eigenvalue weighted by Gasteiger charge is -2.42. The zero-order valence-corrected chi connectivity index (χ0v) is 20.0. The fourth-order valence-corrected chi connectivity index (χ4v) is 4.32. The Balaban J connectivity index is 2.05. The second-order valence-electron chi connectivity index (χ2n) is 8.04. The van der Waals surface area contributed by atoms with E-state index >= 15 is 0 Å². The number of ether oxygens (including phenoxy) is 1. The van der Waals surface area contributed by atoms with Gasteiger partial charge in [-0.15, -0.1) is 11.3 Å². The van der Waals surface area contributed by atoms with Crippen molar-refractivity contribution in [2.75, 3.05) is 13.2 Å². The Bertz CT molecular complexity index is 1000. The first-order valence-corrected chi connectivity index (χ1v) is 12.0. The molecular formula is C18H26N4O9S2. The van der Waals surface area contributed by atoms with E-state index in [1.54, 1.807) is 38.3 Å². The Morgan fingerprint density at radius 1 is 1.36 bits per heavy atom. The quantitative estimate of drug-likeness (QED) is 0.153. The molecule has 1 aliphatic heterocycles. The zero-order valence-electron chi connectivity index (χ0n) is 18.3. The number of alkyl carbamates (subject to hydrolysis) is 1. The summed E-state index contributed by atoms with van der Waals surface area (Å²) in [5.74, 6) is -1.81. The first kappa shape index (κ1) is 26.5. The van der Waals surface area contributed by atoms with Crippen LogP contribution in [-0.4, -0.2) is 82.9 Å². The Kier molecular flexibility index (Phi) is 8.40. The van der Waals surface area contributed by atoms with Crippen LogP contribution in [0.4, 0.5) is 4.79 Å². The predicted molar refractivity (Wildman–Crippen MR) is 117 cm³/mol. The molecule has 0 saturated carbocycles. The summed E-state index contributed by atoms with van der Waals surface area (Å²) in [5.41, 5.74) is -0.946. The van der Waals surface area contributed by atoms with Crippen molar-refractivity contribution in [3.63, 3.8) is 0 Å². The minimum absolute atomic E-state index is 0.204. The number of aliphatic hydroxyl groups is 1. The topological polar surface area (TPSA) is 184 Å². The fourth-order valence-electron chi connectivity index (χ4n) is 2.73. The summed E-state index contributed by atoms with van der Waals surface area (Å²) in [5, 5.41) is 19.7. The largest absolute Gasteiger partial charge is 0.444 e. The average Bonchev–Trinajstić information content (AvgIpc) is 3.20. The lowest BCUT2D eigenvalue weighted by molar-refractivity contribution is -0.143. The highest BCUT2D eigenvalue weighted by Crippen LogP contribution is 2.23. The number of carbonyl (C=O) groups is 3. The second-order valence-corrected chi connectivity index (χ2v) is 10.3. The molecule has 3 atom stereocenters. The highest BCUT2D eigenvalue weighted by molar-refractivity contribution is 7.84. The molecule has 184 valence electrons. The summed E-state index contributed by atoms with van der Waals surface area (Å²) in [7, 11) is -4.73. The summed E-state index contributed by atoms with van der Waals surface area (Å²) < 4.78 is 36.9. The van der Waals surface area contributed by atoms with E-state index in [4.69, 9.17) is 14.1 Å². The van der Waals surface area contributed by atoms with E-state index in [-0.39, 0.29) is 16.6 Å². The van der Waals surface area contributed by atoms with Crippen LogP contribution in [0.25, 0.3) is 0 Å². The van der Waals surface area contributed by atoms with Gasteiger partial charge in [0.05, 0.1) is 23.6 Å². The maximum atomic E-state index is 12.7. The van der Waals surface area contributed by atoms with Crippen molar-refractivity contribution in [3.05, 3.63) is 22.4 Å². The number of nitrogens with zero attached hydrogens (tertiary/aromatic N) is 2. The van der Waals surface area contributed by atoms with E-state index in [9.17, 15) is 27.9 Å². The van der Waals surface area contributed by atoms with Crippen molar-refractivity contribution >= 4 is 45.3 Å². The van der Waals surface area contributed by atoms with E-state index in [1.165, 1.54) is 6.92 Å². The van der Waals surface area contributed by atoms with Gasteiger partial charge >= 0.3 is 16.4 Å². The highest BCUT2D eigenvalue weighted by atomic mass is 32.2. The maximum absolute atomic E-state index is 12.7. The number of hydrogen-bond donors (Lipinski definition) is 4. The molecule has 1 fully saturated rings. The molecule has 0 aromatic carbocycles. The van der Waals surface area contributed by atoms with Gasteiger partial charge in [-0.25, -0.2) is 9.10 Å². The van der Waals surface area contributed by atoms with Crippen molar-refractivity contribution in [2.24, 2.45) is 5.16 Å². The van der Waals surface area contributed by atoms with Crippen LogP contribution >= 0.6 is 11.3 Å². The van der Waals surface area contributed by atoms with Gasteiger partial charge in [-0.2, -0.15) is 8.42 Å². The molecular weight excluding hydrogens is 480 g/mol. The minimum atomic E-state index is -4.73. The van der Waals surface area contributed by atoms with Crippen molar-refractivity contribution in [1.82, 2.24) is 14.9 Å². The molecule has 2 heterocycles. The summed E-state index contributed by atoms with van der Waals surface area (Å²) >= 11 is 1.16. The van der Waals surface area contributed by atoms with Crippen LogP contribution < -0.4 is 10.6 Å². The van der Waals surface area contributed by atoms with Gasteiger partial charge in [0.2, 0.25) is 0 Å². The van der Waals surface area contributed by atoms with Crippen LogP contribution in [0.3, 0.4) is 0 Å². The molecule has 1 aromatic heterocycles. The zero-order chi connectivity index (χ0) is 25.0. The van der Waals surface area contributed by atoms with E-state index < -0.39 is 58.5 Å². The SMILES string of the molecule is C[C@H]1[C@H](NC(=O)C(=NOCC(CO)NC(=O)OC(C)(C)C)c2cccs2)C(=O)N1S(=O)(=O)O. The first-order chi connectivity index (χ1) is 15.2. The van der Waals surface area contributed by atoms with Crippen molar-refractivity contribution < 1.29 is 42.0 Å². The lowest BCUT2D eigenvalue weighted by Crippen LogP contribution is -2.71. The highest BCUT2D eigenvalue weighted by Gasteiger charge is 2.51. The molecule has 0 radical (unpaired) electrons. The molecule has 1 unspecified atom stereocenters. The average molecular weight is 507 g/mol. The van der Waals surface area contributed by atoms with Crippen LogP contribution in [0.1, 0.15) is 32.6 Å². The van der Waals surface area contributed by atoms with E-state index in [2.05, 4.69) is 15.8 Å². The molecule has 13 nitrogen and oxygen atoms in total. The van der Waals surface area contributed by atoms with E-state index in [0.717, 1.165) is 11.3 Å². The number of amides is 3. The molecule has 33 heavy (non-hydrogen) atoms. The van der Waals surface area contributed by atoms with Gasteiger partial charge < -0.3 is 25.3 Å². The summed E-state index contributed by atoms with van der Waals surface area (Å²) in [4.78, 5) is 42.2. The Morgan fingerprint density at radius 2 is 2.03 bits per heavy atom. The first-order valence-electron chi connectivity index (χ1n) is 9.70. The van der Waals surface area contributed by atoms with Crippen molar-refractivity contribution in [3.8, 4) is 0 Å². The van der Waals surface area contributed by atoms with Crippen LogP contribution in [0.15, 0.2) is 22.7 Å². The van der Waals surface area contributed by atoms with Crippen LogP contribution in [0.2, 0.25) is 0 Å². The van der Waals surface area contributed by atoms with Crippen LogP contribution in [0, 0.1) is 0 Å². The van der Waals surface area contributed by atoms with Gasteiger partial charge in [0.15, 0.2) is 5.71 Å². The molecule has 0 aliphatic carbocycles. The minimum Gasteiger partial charge on any atom is -0.444 e. The number of thiophene rings is 1. The van der Waals surface area contributed by atoms with E-state index in [0.29, 0.717) is 4.88 Å². The van der Waals surface area contributed by atoms with Gasteiger partial charge in [-0.05, 0) is 39.1 Å². The molecule has 0 bridgehead atoms. The molecule has 15 heteroatoms. The third kappa shape index (κ3) is 7.12. The molecule has 0 spiro atoms. The Labute approximate surface area is 194 Å². The monoisotopic (exact) mass is 506 g/mol. The number of carbonyl (C=O) groups excluding carboxylic acids is 3. The third-order valence-corrected chi connectivity index (χ3v) is 6.10. The van der Waals surface area contributed by atoms with Gasteiger partial charge in [-0.3, -0.25) is 14.1 Å². The van der Waals surface area contributed by atoms with E-state index in [1.807, 2.05) is 0 Å². The Morgan fingerprint density at radius 3 is 2.52 bits per heavy atom. The second kappa shape index (κ2) is 10.5. The predicted octanol–water partition coefficient (Wildman–Crippen LogP) is -0.127. The standard InChI is InChI=1S/C18H26N4O9S2/c1-10-13(16(25)22(10)33(27,28)29)20-15(24)14(12-6-5-7-32-12)21-30-9-11(8-23)19-17(26)31-18(2,3)4/h5-7,10-11,13,23H,8-9H2,1-4H3,(H,19,26)(H,20,24)(H,27,28,29)/t10-,11?,13-/m0/s1. The number of nitrogens with one attached hydrogen (secondary N) is 2. The molecule has 1 aromatic rings. The molecule has 1 saturated heterocycles. The number of oxime groups is 1. The van der Waals surface area contributed by atoms with Crippen LogP contribution in [-0.2, 0) is 29.5 Å². The molecule has 2 rings (SSSR count). The Hall–Kier alpha value is -2.75. The summed E-state index contributed by atoms with van der Waals surface area (Å²) in [6.07, 6.45) is -0.772. The third-order valence-electron chi connectivity index (χ3n) is 4.21. The van der Waals surface area contributed by atoms with Crippen LogP contribution in [0.5, 0.6) is 0 Å². The van der Waals surface area contributed by atoms with Gasteiger partial charge in [0.25, 0.3) is 11.8 Å². The summed E-state index contributed by atoms with van der Waals surface area (Å²) in [6, 6.07) is 0.154. The number of β-lactam (4-membered cyclic amide) rings is 1. The number of aliphatic hydroxyl groups excluding tert-OH is 1. The summed E-state index contributed by atoms with van der Waals surface area (Å²) in [6.45, 7) is 5.58. The smallest absolute Gasteiger partial charge is 0.408 e. The maximum Gasteiger partial charge on any atom is 0.408 e. The molecule has 3 amide bonds.